The molecule has 0 amide bonds. The van der Waals surface area contributed by atoms with E-state index in [4.69, 9.17) is 21.4 Å². The van der Waals surface area contributed by atoms with Crippen LogP contribution in [-0.2, 0) is 4.74 Å². The van der Waals surface area contributed by atoms with Crippen LogP contribution in [0.15, 0.2) is 12.1 Å². The molecule has 1 saturated heterocycles. The maximum absolute atomic E-state index is 9.89. The molecule has 0 radical (unpaired) electrons. The lowest BCUT2D eigenvalue weighted by molar-refractivity contribution is -0.0223. The van der Waals surface area contributed by atoms with E-state index in [1.165, 1.54) is 0 Å². The second-order valence-electron chi connectivity index (χ2n) is 4.82. The maximum Gasteiger partial charge on any atom is 0.142 e. The predicted molar refractivity (Wildman–Crippen MR) is 71.4 cm³/mol. The maximum atomic E-state index is 9.89. The van der Waals surface area contributed by atoms with Crippen LogP contribution < -0.4 is 0 Å². The van der Waals surface area contributed by atoms with E-state index in [0.717, 1.165) is 16.7 Å². The lowest BCUT2D eigenvalue weighted by atomic mass is 10.1. The number of aryl methyl sites for hydroxylation is 1. The normalized spacial score (nSPS) is 17.7. The second kappa shape index (κ2) is 4.76. The van der Waals surface area contributed by atoms with E-state index < -0.39 is 6.10 Å². The Kier molecular flexibility index (Phi) is 3.22. The Morgan fingerprint density at radius 2 is 2.26 bits per heavy atom. The van der Waals surface area contributed by atoms with Gasteiger partial charge >= 0.3 is 0 Å². The zero-order chi connectivity index (χ0) is 13.6. The smallest absolute Gasteiger partial charge is 0.142 e. The largest absolute Gasteiger partial charge is 0.393 e. The molecule has 1 unspecified atom stereocenters. The van der Waals surface area contributed by atoms with Crippen molar-refractivity contribution in [2.45, 2.75) is 19.1 Å². The van der Waals surface area contributed by atoms with Crippen LogP contribution in [0, 0.1) is 6.92 Å². The number of nitrogens with zero attached hydrogens (tertiary/aromatic N) is 2. The van der Waals surface area contributed by atoms with Crippen molar-refractivity contribution in [2.24, 2.45) is 0 Å². The first kappa shape index (κ1) is 12.9. The summed E-state index contributed by atoms with van der Waals surface area (Å²) in [6.45, 7) is 2.97. The van der Waals surface area contributed by atoms with Crippen molar-refractivity contribution >= 4 is 22.6 Å². The van der Waals surface area contributed by atoms with E-state index in [-0.39, 0.29) is 12.6 Å². The summed E-state index contributed by atoms with van der Waals surface area (Å²) in [7, 11) is 0. The predicted octanol–water partition coefficient (Wildman–Crippen LogP) is 1.60. The van der Waals surface area contributed by atoms with Crippen LogP contribution in [0.3, 0.4) is 0 Å². The third-order valence-corrected chi connectivity index (χ3v) is 3.71. The molecule has 0 spiro atoms. The third-order valence-electron chi connectivity index (χ3n) is 3.52. The Balaban J connectivity index is 2.23. The molecule has 6 heteroatoms. The van der Waals surface area contributed by atoms with Crippen molar-refractivity contribution < 1.29 is 14.9 Å². The Morgan fingerprint density at radius 3 is 2.84 bits per heavy atom. The summed E-state index contributed by atoms with van der Waals surface area (Å²) in [5, 5.41) is 20.2. The molecule has 1 aliphatic rings. The fraction of sp³-hybridized carbons (Fsp3) is 0.462. The summed E-state index contributed by atoms with van der Waals surface area (Å²) < 4.78 is 7.30. The Hall–Kier alpha value is -1.14. The highest BCUT2D eigenvalue weighted by Crippen LogP contribution is 2.32. The second-order valence-corrected chi connectivity index (χ2v) is 5.20. The molecule has 1 aliphatic heterocycles. The minimum Gasteiger partial charge on any atom is -0.393 e. The molecular weight excluding hydrogens is 268 g/mol. The molecule has 102 valence electrons. The molecule has 5 nitrogen and oxygen atoms in total. The van der Waals surface area contributed by atoms with E-state index in [9.17, 15) is 5.11 Å². The Bertz CT molecular complexity index is 622. The van der Waals surface area contributed by atoms with Crippen LogP contribution in [0.5, 0.6) is 0 Å². The summed E-state index contributed by atoms with van der Waals surface area (Å²) in [5.41, 5.74) is 2.39. The van der Waals surface area contributed by atoms with Crippen LogP contribution in [0.4, 0.5) is 0 Å². The van der Waals surface area contributed by atoms with Crippen molar-refractivity contribution in [2.75, 3.05) is 19.8 Å². The van der Waals surface area contributed by atoms with Gasteiger partial charge in [-0.15, -0.1) is 0 Å². The van der Waals surface area contributed by atoms with E-state index >= 15 is 0 Å². The third kappa shape index (κ3) is 2.03. The van der Waals surface area contributed by atoms with Gasteiger partial charge in [0.2, 0.25) is 0 Å². The number of aliphatic hydroxyl groups excluding tert-OH is 2. The lowest BCUT2D eigenvalue weighted by Crippen LogP contribution is -2.31. The molecule has 1 fully saturated rings. The van der Waals surface area contributed by atoms with Gasteiger partial charge in [0.05, 0.1) is 25.9 Å². The molecule has 0 aromatic carbocycles. The zero-order valence-electron chi connectivity index (χ0n) is 10.5. The molecule has 0 aliphatic carbocycles. The number of aromatic nitrogens is 2. The van der Waals surface area contributed by atoms with Crippen LogP contribution in [-0.4, -0.2) is 39.6 Å². The van der Waals surface area contributed by atoms with Gasteiger partial charge in [0.15, 0.2) is 0 Å². The first-order chi connectivity index (χ1) is 9.11. The summed E-state index contributed by atoms with van der Waals surface area (Å²) in [5.74, 6) is 0. The summed E-state index contributed by atoms with van der Waals surface area (Å²) in [6, 6.07) is 3.83. The quantitative estimate of drug-likeness (QED) is 0.839. The first-order valence-corrected chi connectivity index (χ1v) is 6.54. The molecule has 2 aromatic rings. The number of rotatable bonds is 3. The fourth-order valence-corrected chi connectivity index (χ4v) is 2.71. The number of halogens is 1. The standard InChI is InChI=1S/C13H15ClN2O3/c1-7-2-10-9(11(18)4-17)3-12(14)15-13(10)16(7)8-5-19-6-8/h2-3,8,11,17-18H,4-6H2,1H3. The van der Waals surface area contributed by atoms with E-state index in [0.29, 0.717) is 23.9 Å². The van der Waals surface area contributed by atoms with Crippen LogP contribution in [0.2, 0.25) is 5.15 Å². The van der Waals surface area contributed by atoms with Crippen LogP contribution in [0.25, 0.3) is 11.0 Å². The number of hydrogen-bond acceptors (Lipinski definition) is 4. The highest BCUT2D eigenvalue weighted by molar-refractivity contribution is 6.29. The highest BCUT2D eigenvalue weighted by atomic mass is 35.5. The van der Waals surface area contributed by atoms with Crippen molar-refractivity contribution in [3.63, 3.8) is 0 Å². The van der Waals surface area contributed by atoms with Gasteiger partial charge in [-0.25, -0.2) is 4.98 Å². The molecule has 0 saturated carbocycles. The average molecular weight is 283 g/mol. The molecule has 2 aromatic heterocycles. The van der Waals surface area contributed by atoms with Crippen molar-refractivity contribution in [1.82, 2.24) is 9.55 Å². The van der Waals surface area contributed by atoms with E-state index in [1.807, 2.05) is 13.0 Å². The SMILES string of the molecule is Cc1cc2c(C(O)CO)cc(Cl)nc2n1C1COC1. The number of aliphatic hydroxyl groups is 2. The van der Waals surface area contributed by atoms with Crippen LogP contribution >= 0.6 is 11.6 Å². The van der Waals surface area contributed by atoms with Gasteiger partial charge in [0, 0.05) is 11.1 Å². The van der Waals surface area contributed by atoms with Gasteiger partial charge in [-0.1, -0.05) is 11.6 Å². The van der Waals surface area contributed by atoms with E-state index in [2.05, 4.69) is 9.55 Å². The zero-order valence-corrected chi connectivity index (χ0v) is 11.3. The topological polar surface area (TPSA) is 67.5 Å². The minimum atomic E-state index is -0.948. The van der Waals surface area contributed by atoms with Gasteiger partial charge in [0.25, 0.3) is 0 Å². The first-order valence-electron chi connectivity index (χ1n) is 6.16. The van der Waals surface area contributed by atoms with Gasteiger partial charge < -0.3 is 19.5 Å². The number of pyridine rings is 1. The number of ether oxygens (including phenoxy) is 1. The van der Waals surface area contributed by atoms with Gasteiger partial charge in [-0.3, -0.25) is 0 Å². The Morgan fingerprint density at radius 1 is 1.53 bits per heavy atom. The monoisotopic (exact) mass is 282 g/mol. The summed E-state index contributed by atoms with van der Waals surface area (Å²) >= 11 is 6.02. The molecule has 19 heavy (non-hydrogen) atoms. The molecule has 3 rings (SSSR count). The summed E-state index contributed by atoms with van der Waals surface area (Å²) in [6.07, 6.45) is -0.948. The van der Waals surface area contributed by atoms with Crippen LogP contribution in [0.1, 0.15) is 23.4 Å². The molecule has 0 bridgehead atoms. The molecule has 3 heterocycles. The molecular formula is C13H15ClN2O3. The average Bonchev–Trinajstić information content (AvgIpc) is 2.63. The molecule has 1 atom stereocenters. The summed E-state index contributed by atoms with van der Waals surface area (Å²) in [4.78, 5) is 4.36. The highest BCUT2D eigenvalue weighted by Gasteiger charge is 2.26. The van der Waals surface area contributed by atoms with Gasteiger partial charge in [-0.2, -0.15) is 0 Å². The van der Waals surface area contributed by atoms with Crippen molar-refractivity contribution in [1.29, 1.82) is 0 Å². The minimum absolute atomic E-state index is 0.266. The van der Waals surface area contributed by atoms with Crippen molar-refractivity contribution in [3.05, 3.63) is 28.5 Å². The Labute approximate surface area is 115 Å². The number of hydrogen-bond donors (Lipinski definition) is 2. The lowest BCUT2D eigenvalue weighted by Gasteiger charge is -2.29. The fourth-order valence-electron chi connectivity index (χ4n) is 2.51. The number of fused-ring (bicyclic) bond motifs is 1. The van der Waals surface area contributed by atoms with Gasteiger partial charge in [0.1, 0.15) is 16.9 Å². The van der Waals surface area contributed by atoms with Crippen molar-refractivity contribution in [3.8, 4) is 0 Å². The molecule has 2 N–H and O–H groups in total. The van der Waals surface area contributed by atoms with Gasteiger partial charge in [-0.05, 0) is 24.6 Å². The van der Waals surface area contributed by atoms with E-state index in [1.54, 1.807) is 6.07 Å².